The minimum absolute atomic E-state index is 0. The molecule has 8 aliphatic rings. The smallest absolute Gasteiger partial charge is 1.00 e. The summed E-state index contributed by atoms with van der Waals surface area (Å²) >= 11 is -2.78. The van der Waals surface area contributed by atoms with Crippen molar-refractivity contribution in [2.24, 2.45) is 29.1 Å². The van der Waals surface area contributed by atoms with Gasteiger partial charge in [0, 0.05) is 0 Å². The first-order chi connectivity index (χ1) is 26.3. The Morgan fingerprint density at radius 1 is 0.667 bits per heavy atom. The van der Waals surface area contributed by atoms with Crippen LogP contribution in [0.3, 0.4) is 0 Å². The van der Waals surface area contributed by atoms with Crippen LogP contribution in [0.4, 0.5) is 0 Å². The van der Waals surface area contributed by atoms with Crippen LogP contribution in [0, 0.1) is 29.1 Å². The van der Waals surface area contributed by atoms with E-state index in [1.165, 1.54) is 106 Å². The van der Waals surface area contributed by atoms with Crippen LogP contribution in [0.1, 0.15) is 143 Å². The van der Waals surface area contributed by atoms with Gasteiger partial charge in [-0.3, -0.25) is 0 Å². The van der Waals surface area contributed by atoms with E-state index in [0.717, 1.165) is 17.8 Å². The first kappa shape index (κ1) is 39.9. The molecular weight excluding hydrogens is 811 g/mol. The predicted molar refractivity (Wildman–Crippen MR) is 231 cm³/mol. The van der Waals surface area contributed by atoms with E-state index in [9.17, 15) is 0 Å². The summed E-state index contributed by atoms with van der Waals surface area (Å²) in [5.41, 5.74) is 20.7. The summed E-state index contributed by atoms with van der Waals surface area (Å²) < 4.78 is 5.23. The third-order valence-corrected chi connectivity index (χ3v) is 24.1. The normalized spacial score (nSPS) is 28.0. The molecule has 0 N–H and O–H groups in total. The van der Waals surface area contributed by atoms with Gasteiger partial charge in [-0.1, -0.05) is 0 Å². The number of hydrogen-bond acceptors (Lipinski definition) is 0. The third kappa shape index (κ3) is 6.08. The minimum Gasteiger partial charge on any atom is -1.00 e. The monoisotopic (exact) mass is 866 g/mol. The predicted octanol–water partition coefficient (Wildman–Crippen LogP) is 8.23. The van der Waals surface area contributed by atoms with Crippen molar-refractivity contribution in [2.45, 2.75) is 115 Å². The molecule has 0 heterocycles. The number of benzene rings is 4. The molecule has 0 aromatic heterocycles. The molecule has 4 aromatic rings. The minimum atomic E-state index is -2.78. The van der Waals surface area contributed by atoms with E-state index in [1.807, 2.05) is 3.28 Å². The molecule has 3 heteroatoms. The van der Waals surface area contributed by atoms with Crippen LogP contribution < -0.4 is 24.8 Å². The number of fused-ring (bicyclic) bond motifs is 6. The first-order valence-electron chi connectivity index (χ1n) is 21.7. The summed E-state index contributed by atoms with van der Waals surface area (Å²) in [5.74, 6) is 3.50. The summed E-state index contributed by atoms with van der Waals surface area (Å²) in [4.78, 5) is 0. The van der Waals surface area contributed by atoms with E-state index in [0.29, 0.717) is 15.0 Å². The Balaban J connectivity index is 0.00000211. The van der Waals surface area contributed by atoms with Gasteiger partial charge in [0.2, 0.25) is 0 Å². The van der Waals surface area contributed by atoms with Crippen molar-refractivity contribution >= 4 is 25.6 Å². The molecule has 4 fully saturated rings. The average Bonchev–Trinajstić information content (AvgIpc) is 3.74. The van der Waals surface area contributed by atoms with E-state index in [-0.39, 0.29) is 35.6 Å². The standard InChI is InChI=1S/C25H25.C18H25.C11H8.2ClH.Zr/c1-14-12-24(3,4)22-8-16-7-17-9-23-19(15(2)13-25(23,5)6)11-21(17)20(16)10-18(14)22;1-12-3-13(2)17(4-12)11-18-8-14-5-15(9-18)7-16(6-14)10-18;1-9-5-4-7-10-6-2-3-8-11(9)10;;;/h7-13H,1-6H3;4,12,14-16H,5-11H2,1-2H3;1-8H;2*1H;/q;;;;;+2/p-2. The Labute approximate surface area is 362 Å². The van der Waals surface area contributed by atoms with Gasteiger partial charge < -0.3 is 24.8 Å². The van der Waals surface area contributed by atoms with Gasteiger partial charge in [0.25, 0.3) is 0 Å². The largest absolute Gasteiger partial charge is 1.00 e. The SMILES string of the molecule is CC1=CC(C)(C)c2cc3c(cc21)-c1cc2c(cc1[CH]3/[Zr+2](=[CH]/c1cccc3ccccc13)[C]1=C(C)C(CC34CC5CC(CC(C5)C3)C4)=CC1C)C(C)(C)C=C2C.[Cl-].[Cl-]. The van der Waals surface area contributed by atoms with Crippen molar-refractivity contribution in [1.29, 1.82) is 0 Å². The topological polar surface area (TPSA) is 0 Å². The van der Waals surface area contributed by atoms with Gasteiger partial charge in [0.1, 0.15) is 0 Å². The molecule has 0 aliphatic heterocycles. The Hall–Kier alpha value is -2.57. The molecule has 0 saturated heterocycles. The van der Waals surface area contributed by atoms with Gasteiger partial charge >= 0.3 is 340 Å². The zero-order chi connectivity index (χ0) is 37.8. The molecule has 0 spiro atoms. The Kier molecular flexibility index (Phi) is 9.60. The van der Waals surface area contributed by atoms with Crippen LogP contribution in [-0.2, 0) is 32.1 Å². The summed E-state index contributed by atoms with van der Waals surface area (Å²) in [6.07, 6.45) is 18.2. The fraction of sp³-hybridized carbons (Fsp3) is 0.426. The second kappa shape index (κ2) is 13.7. The van der Waals surface area contributed by atoms with Crippen LogP contribution in [0.15, 0.2) is 99.4 Å². The van der Waals surface area contributed by atoms with Gasteiger partial charge in [-0.05, 0) is 0 Å². The van der Waals surface area contributed by atoms with Crippen LogP contribution >= 0.6 is 0 Å². The third-order valence-electron chi connectivity index (χ3n) is 16.0. The van der Waals surface area contributed by atoms with Crippen molar-refractivity contribution in [1.82, 2.24) is 0 Å². The van der Waals surface area contributed by atoms with Gasteiger partial charge in [0.05, 0.1) is 0 Å². The molecule has 4 aromatic carbocycles. The second-order valence-corrected chi connectivity index (χ2v) is 26.5. The summed E-state index contributed by atoms with van der Waals surface area (Å²) in [7, 11) is 0. The van der Waals surface area contributed by atoms with Gasteiger partial charge in [0.15, 0.2) is 0 Å². The maximum Gasteiger partial charge on any atom is -1.00 e. The number of hydrogen-bond donors (Lipinski definition) is 0. The summed E-state index contributed by atoms with van der Waals surface area (Å²) in [6.45, 7) is 19.6. The Morgan fingerprint density at radius 3 is 1.75 bits per heavy atom. The van der Waals surface area contributed by atoms with E-state index in [2.05, 4.69) is 144 Å². The fourth-order valence-corrected chi connectivity index (χ4v) is 23.0. The summed E-state index contributed by atoms with van der Waals surface area (Å²) in [6, 6.07) is 26.9. The Bertz CT molecular complexity index is 2420. The zero-order valence-corrected chi connectivity index (χ0v) is 39.2. The Morgan fingerprint density at radius 2 is 1.19 bits per heavy atom. The fourth-order valence-electron chi connectivity index (χ4n) is 14.3. The van der Waals surface area contributed by atoms with Crippen molar-refractivity contribution in [3.8, 4) is 11.1 Å². The maximum atomic E-state index is 2.93. The molecule has 57 heavy (non-hydrogen) atoms. The molecule has 0 radical (unpaired) electrons. The average molecular weight is 869 g/mol. The maximum absolute atomic E-state index is 2.93. The van der Waals surface area contributed by atoms with Crippen molar-refractivity contribution in [3.05, 3.63) is 138 Å². The van der Waals surface area contributed by atoms with Gasteiger partial charge in [-0.15, -0.1) is 0 Å². The molecule has 0 amide bonds. The zero-order valence-electron chi connectivity index (χ0n) is 35.3. The second-order valence-electron chi connectivity index (χ2n) is 20.8. The number of halogens is 2. The van der Waals surface area contributed by atoms with E-state index in [4.69, 9.17) is 0 Å². The van der Waals surface area contributed by atoms with Crippen molar-refractivity contribution in [3.63, 3.8) is 0 Å². The van der Waals surface area contributed by atoms with Gasteiger partial charge in [-0.25, -0.2) is 0 Å². The van der Waals surface area contributed by atoms with Crippen molar-refractivity contribution in [2.75, 3.05) is 0 Å². The van der Waals surface area contributed by atoms with Gasteiger partial charge in [-0.2, -0.15) is 0 Å². The van der Waals surface area contributed by atoms with E-state index in [1.54, 1.807) is 22.3 Å². The molecule has 4 saturated carbocycles. The van der Waals surface area contributed by atoms with Crippen LogP contribution in [0.5, 0.6) is 0 Å². The molecule has 8 aliphatic carbocycles. The molecule has 4 bridgehead atoms. The number of allylic oxidation sites excluding steroid dienone is 8. The first-order valence-corrected chi connectivity index (χ1v) is 25.7. The molecule has 1 unspecified atom stereocenters. The summed E-state index contributed by atoms with van der Waals surface area (Å²) in [5, 5.41) is 2.77. The molecule has 292 valence electrons. The van der Waals surface area contributed by atoms with Crippen LogP contribution in [0.25, 0.3) is 33.0 Å². The van der Waals surface area contributed by atoms with E-state index >= 15 is 0 Å². The molecular formula is C54H58Cl2Zr. The van der Waals surface area contributed by atoms with Crippen LogP contribution in [0.2, 0.25) is 0 Å². The van der Waals surface area contributed by atoms with E-state index < -0.39 is 21.3 Å². The number of rotatable bonds is 5. The van der Waals surface area contributed by atoms with Crippen molar-refractivity contribution < 1.29 is 46.1 Å². The molecule has 1 atom stereocenters. The molecule has 12 rings (SSSR count). The molecule has 0 nitrogen and oxygen atoms in total. The quantitative estimate of drug-likeness (QED) is 0.190. The van der Waals surface area contributed by atoms with Crippen LogP contribution in [-0.4, -0.2) is 3.71 Å².